The molecule has 0 amide bonds. The molecular formula is C51H36N6. The summed E-state index contributed by atoms with van der Waals surface area (Å²) in [5, 5.41) is 4.72. The molecule has 0 aliphatic heterocycles. The lowest BCUT2D eigenvalue weighted by Gasteiger charge is -2.14. The molecule has 0 N–H and O–H groups in total. The van der Waals surface area contributed by atoms with Gasteiger partial charge < -0.3 is 4.57 Å². The summed E-state index contributed by atoms with van der Waals surface area (Å²) < 4.78 is 4.68. The van der Waals surface area contributed by atoms with Gasteiger partial charge in [0, 0.05) is 50.9 Å². The van der Waals surface area contributed by atoms with Gasteiger partial charge in [-0.15, -0.1) is 0 Å². The van der Waals surface area contributed by atoms with Gasteiger partial charge in [-0.3, -0.25) is 14.5 Å². The third kappa shape index (κ3) is 5.83. The summed E-state index contributed by atoms with van der Waals surface area (Å²) in [7, 11) is 0. The minimum Gasteiger partial charge on any atom is -0.309 e. The Labute approximate surface area is 330 Å². The molecular weight excluding hydrogens is 697 g/mol. The molecule has 0 atom stereocenters. The topological polar surface area (TPSA) is 60.9 Å². The number of aromatic nitrogens is 5. The highest BCUT2D eigenvalue weighted by Crippen LogP contribution is 2.41. The Morgan fingerprint density at radius 2 is 1.30 bits per heavy atom. The number of fused-ring (bicyclic) bond motifs is 6. The SMILES string of the molecule is C=N/C(=C\C=C/C)c1cc(-c2ccc(-n3c4ccccc4c4cccc(-c5ccc6c7cccnc7n(-c7ccccc7)c6c5)c43)cc2)cc(-c2ccccn2)n1. The zero-order valence-corrected chi connectivity index (χ0v) is 31.3. The third-order valence-corrected chi connectivity index (χ3v) is 10.6. The lowest BCUT2D eigenvalue weighted by molar-refractivity contribution is 1.14. The molecule has 5 aromatic carbocycles. The summed E-state index contributed by atoms with van der Waals surface area (Å²) in [5.41, 5.74) is 13.9. The second kappa shape index (κ2) is 14.2. The maximum absolute atomic E-state index is 4.96. The molecule has 270 valence electrons. The molecule has 0 aliphatic rings. The number of benzene rings is 5. The van der Waals surface area contributed by atoms with Gasteiger partial charge in [-0.1, -0.05) is 97.1 Å². The first kappa shape index (κ1) is 33.8. The molecule has 5 aromatic heterocycles. The van der Waals surface area contributed by atoms with Crippen LogP contribution >= 0.6 is 0 Å². The van der Waals surface area contributed by atoms with Crippen LogP contribution in [0.2, 0.25) is 0 Å². The molecule has 6 heteroatoms. The van der Waals surface area contributed by atoms with E-state index in [4.69, 9.17) is 9.97 Å². The van der Waals surface area contributed by atoms with Gasteiger partial charge in [-0.25, -0.2) is 9.97 Å². The first-order valence-corrected chi connectivity index (χ1v) is 19.0. The third-order valence-electron chi connectivity index (χ3n) is 10.6. The molecule has 57 heavy (non-hydrogen) atoms. The number of rotatable bonds is 8. The van der Waals surface area contributed by atoms with Crippen LogP contribution in [0.1, 0.15) is 12.6 Å². The van der Waals surface area contributed by atoms with E-state index < -0.39 is 0 Å². The normalized spacial score (nSPS) is 12.1. The van der Waals surface area contributed by atoms with Crippen molar-refractivity contribution in [2.45, 2.75) is 6.92 Å². The smallest absolute Gasteiger partial charge is 0.145 e. The molecule has 0 radical (unpaired) electrons. The Hall–Kier alpha value is -7.70. The van der Waals surface area contributed by atoms with Gasteiger partial charge >= 0.3 is 0 Å². The summed E-state index contributed by atoms with van der Waals surface area (Å²) in [5.74, 6) is 0. The van der Waals surface area contributed by atoms with E-state index in [0.29, 0.717) is 5.70 Å². The molecule has 0 spiro atoms. The zero-order chi connectivity index (χ0) is 38.3. The highest BCUT2D eigenvalue weighted by molar-refractivity contribution is 6.15. The number of hydrogen-bond acceptors (Lipinski definition) is 4. The molecule has 10 rings (SSSR count). The average Bonchev–Trinajstić information content (AvgIpc) is 3.80. The van der Waals surface area contributed by atoms with E-state index in [1.165, 1.54) is 16.2 Å². The lowest BCUT2D eigenvalue weighted by Crippen LogP contribution is -1.97. The van der Waals surface area contributed by atoms with Crippen molar-refractivity contribution in [1.82, 2.24) is 24.1 Å². The van der Waals surface area contributed by atoms with E-state index in [9.17, 15) is 0 Å². The van der Waals surface area contributed by atoms with Gasteiger partial charge in [0.15, 0.2) is 0 Å². The lowest BCUT2D eigenvalue weighted by atomic mass is 10.00. The van der Waals surface area contributed by atoms with Crippen molar-refractivity contribution < 1.29 is 0 Å². The molecule has 0 unspecified atom stereocenters. The van der Waals surface area contributed by atoms with Crippen LogP contribution in [0.25, 0.3) is 94.5 Å². The van der Waals surface area contributed by atoms with Gasteiger partial charge in [-0.2, -0.15) is 0 Å². The Morgan fingerprint density at radius 3 is 2.12 bits per heavy atom. The predicted molar refractivity (Wildman–Crippen MR) is 237 cm³/mol. The summed E-state index contributed by atoms with van der Waals surface area (Å²) in [6.07, 6.45) is 9.51. The molecule has 6 nitrogen and oxygen atoms in total. The van der Waals surface area contributed by atoms with Gasteiger partial charge in [0.05, 0.1) is 39.3 Å². The van der Waals surface area contributed by atoms with Crippen molar-refractivity contribution in [3.8, 4) is 45.0 Å². The monoisotopic (exact) mass is 732 g/mol. The molecule has 0 saturated carbocycles. The van der Waals surface area contributed by atoms with E-state index in [1.54, 1.807) is 6.20 Å². The van der Waals surface area contributed by atoms with Gasteiger partial charge in [-0.05, 0) is 109 Å². The van der Waals surface area contributed by atoms with Crippen LogP contribution in [0.3, 0.4) is 0 Å². The highest BCUT2D eigenvalue weighted by atomic mass is 15.0. The van der Waals surface area contributed by atoms with Gasteiger partial charge in [0.25, 0.3) is 0 Å². The molecule has 0 fully saturated rings. The largest absolute Gasteiger partial charge is 0.309 e. The summed E-state index contributed by atoms with van der Waals surface area (Å²) in [4.78, 5) is 18.7. The summed E-state index contributed by atoms with van der Waals surface area (Å²) in [6, 6.07) is 55.6. The number of aliphatic imine (C=N–C) groups is 1. The van der Waals surface area contributed by atoms with Crippen molar-refractivity contribution >= 4 is 56.2 Å². The van der Waals surface area contributed by atoms with E-state index in [0.717, 1.165) is 78.3 Å². The molecule has 0 aliphatic carbocycles. The Bertz CT molecular complexity index is 3190. The highest BCUT2D eigenvalue weighted by Gasteiger charge is 2.19. The Morgan fingerprint density at radius 1 is 0.561 bits per heavy atom. The number of nitrogens with zero attached hydrogens (tertiary/aromatic N) is 6. The minimum atomic E-state index is 0.695. The zero-order valence-electron chi connectivity index (χ0n) is 31.3. The standard InChI is InChI=1S/C51H36N6/c1-3-4-20-44(52-2)46-31-36(32-47(55-46)45-21-10-11-29-53-45)34-23-26-38(27-24-34)56-48-22-9-8-16-40(48)42-18-12-17-39(50(42)56)35-25-28-41-43-19-13-30-54-51(43)57(49(41)33-35)37-14-6-5-7-15-37/h3-33H,2H2,1H3/b4-3-,44-20-. The van der Waals surface area contributed by atoms with E-state index in [2.05, 4.69) is 159 Å². The van der Waals surface area contributed by atoms with E-state index in [-0.39, 0.29) is 0 Å². The van der Waals surface area contributed by atoms with Crippen molar-refractivity contribution in [3.63, 3.8) is 0 Å². The van der Waals surface area contributed by atoms with Crippen molar-refractivity contribution in [2.24, 2.45) is 4.99 Å². The molecule has 0 bridgehead atoms. The fraction of sp³-hybridized carbons (Fsp3) is 0.0196. The second-order valence-electron chi connectivity index (χ2n) is 14.0. The maximum Gasteiger partial charge on any atom is 0.145 e. The first-order chi connectivity index (χ1) is 28.2. The first-order valence-electron chi connectivity index (χ1n) is 19.0. The number of hydrogen-bond donors (Lipinski definition) is 0. The molecule has 5 heterocycles. The van der Waals surface area contributed by atoms with Crippen LogP contribution in [-0.2, 0) is 0 Å². The molecule has 10 aromatic rings. The summed E-state index contributed by atoms with van der Waals surface area (Å²) >= 11 is 0. The quantitative estimate of drug-likeness (QED) is 0.115. The van der Waals surface area contributed by atoms with Gasteiger partial charge in [0.2, 0.25) is 0 Å². The van der Waals surface area contributed by atoms with Crippen LogP contribution < -0.4 is 0 Å². The van der Waals surface area contributed by atoms with E-state index in [1.807, 2.05) is 55.6 Å². The van der Waals surface area contributed by atoms with Crippen molar-refractivity contribution in [2.75, 3.05) is 0 Å². The van der Waals surface area contributed by atoms with Crippen molar-refractivity contribution in [3.05, 3.63) is 194 Å². The van der Waals surface area contributed by atoms with Crippen LogP contribution in [0.5, 0.6) is 0 Å². The van der Waals surface area contributed by atoms with Crippen molar-refractivity contribution in [1.29, 1.82) is 0 Å². The second-order valence-corrected chi connectivity index (χ2v) is 14.0. The average molecular weight is 733 g/mol. The number of para-hydroxylation sites is 3. The van der Waals surface area contributed by atoms with Crippen LogP contribution in [0.4, 0.5) is 0 Å². The fourth-order valence-electron chi connectivity index (χ4n) is 8.05. The van der Waals surface area contributed by atoms with E-state index >= 15 is 0 Å². The fourth-order valence-corrected chi connectivity index (χ4v) is 8.05. The van der Waals surface area contributed by atoms with Gasteiger partial charge in [0.1, 0.15) is 5.65 Å². The Kier molecular flexibility index (Phi) is 8.42. The number of pyridine rings is 3. The van der Waals surface area contributed by atoms with Crippen LogP contribution in [0.15, 0.2) is 193 Å². The summed E-state index contributed by atoms with van der Waals surface area (Å²) in [6.45, 7) is 5.82. The van der Waals surface area contributed by atoms with Crippen LogP contribution in [-0.4, -0.2) is 30.8 Å². The number of allylic oxidation sites excluding steroid dienone is 3. The minimum absolute atomic E-state index is 0.695. The molecule has 0 saturated heterocycles. The van der Waals surface area contributed by atoms with Crippen LogP contribution in [0, 0.1) is 0 Å². The predicted octanol–water partition coefficient (Wildman–Crippen LogP) is 12.7. The maximum atomic E-state index is 4.96. The Balaban J connectivity index is 1.15.